The SMILES string of the molecule is CCCCCCC/C=C\C/C=C\CCCCCCCCCCCCCCCCCCCCCCCCCCCC(=O)OC(COC(=O)CCCCCCCCCCCCCCCCCCC/C=C\C/C=C\CCCCCCC)COP(=O)(O)OCCN. The van der Waals surface area contributed by atoms with Gasteiger partial charge in [-0.25, -0.2) is 4.57 Å². The summed E-state index contributed by atoms with van der Waals surface area (Å²) in [6.45, 7) is 3.80. The normalized spacial score (nSPS) is 13.1. The fraction of sp³-hybridized carbons (Fsp3) is 0.870. The molecular weight excluding hydrogens is 1100 g/mol. The van der Waals surface area contributed by atoms with Crippen LogP contribution in [0.2, 0.25) is 0 Å². The van der Waals surface area contributed by atoms with E-state index in [2.05, 4.69) is 62.5 Å². The van der Waals surface area contributed by atoms with Crippen LogP contribution in [0.15, 0.2) is 48.6 Å². The number of nitrogens with two attached hydrogens (primary N) is 1. The lowest BCUT2D eigenvalue weighted by Gasteiger charge is -2.19. The van der Waals surface area contributed by atoms with Crippen molar-refractivity contribution in [2.24, 2.45) is 5.73 Å². The molecule has 3 N–H and O–H groups in total. The summed E-state index contributed by atoms with van der Waals surface area (Å²) in [5, 5.41) is 0. The number of phosphoric ester groups is 1. The molecule has 0 saturated heterocycles. The van der Waals surface area contributed by atoms with Crippen molar-refractivity contribution in [3.63, 3.8) is 0 Å². The van der Waals surface area contributed by atoms with Crippen molar-refractivity contribution in [3.05, 3.63) is 48.6 Å². The second-order valence-corrected chi connectivity index (χ2v) is 27.3. The Morgan fingerprint density at radius 2 is 0.598 bits per heavy atom. The number of unbranched alkanes of at least 4 members (excludes halogenated alkanes) is 52. The number of hydrogen-bond acceptors (Lipinski definition) is 8. The minimum atomic E-state index is -4.39. The molecular formula is C77H146NO8P. The zero-order valence-corrected chi connectivity index (χ0v) is 58.7. The number of rotatable bonds is 73. The Hall–Kier alpha value is -2.03. The lowest BCUT2D eigenvalue weighted by molar-refractivity contribution is -0.161. The molecule has 0 aromatic rings. The Morgan fingerprint density at radius 1 is 0.345 bits per heavy atom. The van der Waals surface area contributed by atoms with Gasteiger partial charge in [0.2, 0.25) is 0 Å². The van der Waals surface area contributed by atoms with Gasteiger partial charge in [-0.05, 0) is 77.0 Å². The van der Waals surface area contributed by atoms with Crippen LogP contribution in [-0.2, 0) is 32.7 Å². The van der Waals surface area contributed by atoms with E-state index in [1.807, 2.05) is 0 Å². The maximum Gasteiger partial charge on any atom is 0.472 e. The Balaban J connectivity index is 3.77. The third-order valence-corrected chi connectivity index (χ3v) is 18.2. The molecule has 0 amide bonds. The van der Waals surface area contributed by atoms with Gasteiger partial charge in [0.15, 0.2) is 6.10 Å². The fourth-order valence-electron chi connectivity index (χ4n) is 11.5. The number of carbonyl (C=O) groups excluding carboxylic acids is 2. The zero-order chi connectivity index (χ0) is 63.0. The van der Waals surface area contributed by atoms with Crippen LogP contribution in [0.3, 0.4) is 0 Å². The Bertz CT molecular complexity index is 1570. The molecule has 0 heterocycles. The summed E-state index contributed by atoms with van der Waals surface area (Å²) in [6.07, 6.45) is 93.8. The van der Waals surface area contributed by atoms with Crippen molar-refractivity contribution < 1.29 is 37.6 Å². The molecule has 0 spiro atoms. The first-order valence-corrected chi connectivity index (χ1v) is 39.6. The van der Waals surface area contributed by atoms with E-state index in [4.69, 9.17) is 24.3 Å². The third-order valence-electron chi connectivity index (χ3n) is 17.2. The van der Waals surface area contributed by atoms with Crippen molar-refractivity contribution >= 4 is 19.8 Å². The molecule has 0 saturated carbocycles. The molecule has 10 heteroatoms. The highest BCUT2D eigenvalue weighted by molar-refractivity contribution is 7.47. The molecule has 0 aliphatic rings. The summed E-state index contributed by atoms with van der Waals surface area (Å²) in [4.78, 5) is 35.4. The van der Waals surface area contributed by atoms with Crippen LogP contribution in [0.5, 0.6) is 0 Å². The van der Waals surface area contributed by atoms with E-state index in [9.17, 15) is 19.0 Å². The first kappa shape index (κ1) is 85.0. The number of esters is 2. The highest BCUT2D eigenvalue weighted by atomic mass is 31.2. The van der Waals surface area contributed by atoms with Gasteiger partial charge in [-0.1, -0.05) is 358 Å². The fourth-order valence-corrected chi connectivity index (χ4v) is 12.3. The molecule has 9 nitrogen and oxygen atoms in total. The van der Waals surface area contributed by atoms with Gasteiger partial charge in [0.05, 0.1) is 13.2 Å². The van der Waals surface area contributed by atoms with Crippen LogP contribution in [0.4, 0.5) is 0 Å². The number of hydrogen-bond donors (Lipinski definition) is 2. The largest absolute Gasteiger partial charge is 0.472 e. The van der Waals surface area contributed by atoms with E-state index in [1.165, 1.54) is 321 Å². The summed E-state index contributed by atoms with van der Waals surface area (Å²) in [7, 11) is -4.39. The maximum absolute atomic E-state index is 12.8. The van der Waals surface area contributed by atoms with Gasteiger partial charge in [-0.15, -0.1) is 0 Å². The van der Waals surface area contributed by atoms with Crippen molar-refractivity contribution in [2.45, 2.75) is 405 Å². The molecule has 0 bridgehead atoms. The highest BCUT2D eigenvalue weighted by Gasteiger charge is 2.26. The van der Waals surface area contributed by atoms with Crippen molar-refractivity contribution in [2.75, 3.05) is 26.4 Å². The van der Waals surface area contributed by atoms with Crippen LogP contribution in [-0.4, -0.2) is 49.3 Å². The van der Waals surface area contributed by atoms with Gasteiger partial charge in [0.1, 0.15) is 6.61 Å². The van der Waals surface area contributed by atoms with Crippen LogP contribution in [0.25, 0.3) is 0 Å². The van der Waals surface area contributed by atoms with Crippen molar-refractivity contribution in [1.82, 2.24) is 0 Å². The molecule has 2 atom stereocenters. The summed E-state index contributed by atoms with van der Waals surface area (Å²) in [5.41, 5.74) is 5.41. The molecule has 0 aliphatic carbocycles. The third kappa shape index (κ3) is 72.9. The average molecular weight is 1240 g/mol. The predicted octanol–water partition coefficient (Wildman–Crippen LogP) is 25.2. The summed E-state index contributed by atoms with van der Waals surface area (Å²) in [5.74, 6) is -0.805. The molecule has 0 aromatic carbocycles. The quantitative estimate of drug-likeness (QED) is 0.0264. The van der Waals surface area contributed by atoms with Crippen molar-refractivity contribution in [3.8, 4) is 0 Å². The molecule has 512 valence electrons. The number of phosphoric acid groups is 1. The highest BCUT2D eigenvalue weighted by Crippen LogP contribution is 2.43. The van der Waals surface area contributed by atoms with Crippen LogP contribution in [0, 0.1) is 0 Å². The van der Waals surface area contributed by atoms with Gasteiger partial charge in [0.25, 0.3) is 0 Å². The number of carbonyl (C=O) groups is 2. The zero-order valence-electron chi connectivity index (χ0n) is 57.8. The first-order valence-electron chi connectivity index (χ1n) is 38.1. The lowest BCUT2D eigenvalue weighted by Crippen LogP contribution is -2.29. The minimum absolute atomic E-state index is 0.0557. The minimum Gasteiger partial charge on any atom is -0.462 e. The van der Waals surface area contributed by atoms with Crippen LogP contribution < -0.4 is 5.73 Å². The van der Waals surface area contributed by atoms with Gasteiger partial charge in [-0.2, -0.15) is 0 Å². The smallest absolute Gasteiger partial charge is 0.462 e. The van der Waals surface area contributed by atoms with E-state index >= 15 is 0 Å². The van der Waals surface area contributed by atoms with E-state index in [1.54, 1.807) is 0 Å². The number of ether oxygens (including phenoxy) is 2. The molecule has 0 radical (unpaired) electrons. The lowest BCUT2D eigenvalue weighted by atomic mass is 10.0. The van der Waals surface area contributed by atoms with E-state index in [-0.39, 0.29) is 38.6 Å². The Morgan fingerprint density at radius 3 is 0.874 bits per heavy atom. The molecule has 87 heavy (non-hydrogen) atoms. The maximum atomic E-state index is 12.8. The Labute approximate surface area is 540 Å². The molecule has 0 aromatic heterocycles. The van der Waals surface area contributed by atoms with Gasteiger partial charge < -0.3 is 20.1 Å². The summed E-state index contributed by atoms with van der Waals surface area (Å²) >= 11 is 0. The van der Waals surface area contributed by atoms with Gasteiger partial charge in [0, 0.05) is 19.4 Å². The molecule has 0 fully saturated rings. The van der Waals surface area contributed by atoms with Crippen LogP contribution in [0.1, 0.15) is 399 Å². The summed E-state index contributed by atoms with van der Waals surface area (Å²) in [6, 6.07) is 0. The molecule has 0 aliphatic heterocycles. The second kappa shape index (κ2) is 73.0. The second-order valence-electron chi connectivity index (χ2n) is 25.9. The monoisotopic (exact) mass is 1240 g/mol. The van der Waals surface area contributed by atoms with Gasteiger partial charge in [-0.3, -0.25) is 18.6 Å². The predicted molar refractivity (Wildman–Crippen MR) is 377 cm³/mol. The van der Waals surface area contributed by atoms with E-state index in [0.717, 1.165) is 44.9 Å². The van der Waals surface area contributed by atoms with E-state index in [0.29, 0.717) is 6.42 Å². The topological polar surface area (TPSA) is 134 Å². The number of allylic oxidation sites excluding steroid dienone is 8. The van der Waals surface area contributed by atoms with Gasteiger partial charge >= 0.3 is 19.8 Å². The van der Waals surface area contributed by atoms with Crippen LogP contribution >= 0.6 is 7.82 Å². The Kier molecular flexibility index (Phi) is 71.3. The molecule has 2 unspecified atom stereocenters. The first-order chi connectivity index (χ1) is 42.8. The standard InChI is InChI=1S/C77H146NO8P/c1-3-5-7-9-11-13-15-17-19-21-23-25-27-29-31-33-34-35-36-37-38-39-40-42-44-46-48-50-52-54-56-58-60-62-64-66-68-70-77(80)86-75(74-85-87(81,82)84-72-71-78)73-83-76(79)69-67-65-63-61-59-57-55-53-51-49-47-45-43-41-32-30-28-26-24-22-20-18-16-14-12-10-8-6-4-2/h15-18,21-24,75H,3-14,19-20,25-74,78H2,1-2H3,(H,81,82)/b17-15-,18-16-,23-21-,24-22-. The summed E-state index contributed by atoms with van der Waals surface area (Å²) < 4.78 is 33.2. The van der Waals surface area contributed by atoms with Crippen molar-refractivity contribution in [1.29, 1.82) is 0 Å². The average Bonchev–Trinajstić information content (AvgIpc) is 3.65. The molecule has 0 rings (SSSR count). The van der Waals surface area contributed by atoms with E-state index < -0.39 is 26.5 Å².